The first kappa shape index (κ1) is 26.1. The molecule has 1 heterocycles. The second-order valence-electron chi connectivity index (χ2n) is 7.31. The zero-order chi connectivity index (χ0) is 22.6. The van der Waals surface area contributed by atoms with Gasteiger partial charge in [-0.2, -0.15) is 0 Å². The Kier molecular flexibility index (Phi) is 9.08. The molecule has 0 radical (unpaired) electrons. The van der Waals surface area contributed by atoms with Gasteiger partial charge in [0.05, 0.1) is 15.3 Å². The van der Waals surface area contributed by atoms with Gasteiger partial charge in [0, 0.05) is 13.0 Å². The summed E-state index contributed by atoms with van der Waals surface area (Å²) in [7, 11) is 0.0699. The van der Waals surface area contributed by atoms with Crippen molar-refractivity contribution in [1.29, 1.82) is 0 Å². The SMILES string of the molecule is CN(C)CCCN(C(=O)CCS(=O)(=O)c1ccc(F)cc1)c1nc2c(F)cccc2s1.Cl. The van der Waals surface area contributed by atoms with Gasteiger partial charge in [-0.25, -0.2) is 22.2 Å². The molecule has 32 heavy (non-hydrogen) atoms. The van der Waals surface area contributed by atoms with E-state index in [1.54, 1.807) is 12.1 Å². The van der Waals surface area contributed by atoms with E-state index in [1.165, 1.54) is 34.4 Å². The normalized spacial score (nSPS) is 11.5. The van der Waals surface area contributed by atoms with Crippen LogP contribution in [0.4, 0.5) is 13.9 Å². The molecule has 1 amide bonds. The second kappa shape index (κ2) is 11.1. The number of benzene rings is 2. The number of fused-ring (bicyclic) bond motifs is 1. The summed E-state index contributed by atoms with van der Waals surface area (Å²) < 4.78 is 52.8. The number of carbonyl (C=O) groups is 1. The number of hydrogen-bond donors (Lipinski definition) is 0. The maximum Gasteiger partial charge on any atom is 0.229 e. The summed E-state index contributed by atoms with van der Waals surface area (Å²) in [5.41, 5.74) is 0.187. The number of rotatable bonds is 9. The minimum atomic E-state index is -3.75. The van der Waals surface area contributed by atoms with E-state index < -0.39 is 33.1 Å². The van der Waals surface area contributed by atoms with Gasteiger partial charge in [-0.15, -0.1) is 12.4 Å². The van der Waals surface area contributed by atoms with Crippen LogP contribution in [0.5, 0.6) is 0 Å². The summed E-state index contributed by atoms with van der Waals surface area (Å²) in [4.78, 5) is 20.6. The van der Waals surface area contributed by atoms with Crippen LogP contribution in [0.3, 0.4) is 0 Å². The van der Waals surface area contributed by atoms with Gasteiger partial charge in [0.25, 0.3) is 0 Å². The third kappa shape index (κ3) is 6.44. The fourth-order valence-corrected chi connectivity index (χ4v) is 5.26. The smallest absolute Gasteiger partial charge is 0.229 e. The first-order valence-electron chi connectivity index (χ1n) is 9.66. The molecule has 0 saturated heterocycles. The van der Waals surface area contributed by atoms with Crippen LogP contribution in [0.15, 0.2) is 47.4 Å². The van der Waals surface area contributed by atoms with Gasteiger partial charge in [-0.3, -0.25) is 9.69 Å². The molecule has 0 saturated carbocycles. The molecule has 0 spiro atoms. The molecule has 0 atom stereocenters. The Bertz CT molecular complexity index is 1170. The van der Waals surface area contributed by atoms with Crippen LogP contribution in [0, 0.1) is 11.6 Å². The van der Waals surface area contributed by atoms with E-state index in [1.807, 2.05) is 19.0 Å². The number of para-hydroxylation sites is 1. The summed E-state index contributed by atoms with van der Waals surface area (Å²) in [6, 6.07) is 9.10. The van der Waals surface area contributed by atoms with Gasteiger partial charge in [0.2, 0.25) is 5.91 Å². The van der Waals surface area contributed by atoms with E-state index in [4.69, 9.17) is 0 Å². The molecule has 3 aromatic rings. The van der Waals surface area contributed by atoms with Crippen molar-refractivity contribution in [3.8, 4) is 0 Å². The van der Waals surface area contributed by atoms with Crippen LogP contribution in [0.2, 0.25) is 0 Å². The number of aromatic nitrogens is 1. The van der Waals surface area contributed by atoms with E-state index in [-0.39, 0.29) is 29.2 Å². The first-order valence-corrected chi connectivity index (χ1v) is 12.1. The van der Waals surface area contributed by atoms with Crippen LogP contribution in [-0.2, 0) is 14.6 Å². The maximum absolute atomic E-state index is 14.1. The summed E-state index contributed by atoms with van der Waals surface area (Å²) in [6.07, 6.45) is 0.377. The lowest BCUT2D eigenvalue weighted by Crippen LogP contribution is -2.34. The number of halogens is 3. The molecule has 2 aromatic carbocycles. The minimum absolute atomic E-state index is 0. The molecule has 3 rings (SSSR count). The zero-order valence-corrected chi connectivity index (χ0v) is 20.1. The molecule has 6 nitrogen and oxygen atoms in total. The topological polar surface area (TPSA) is 70.6 Å². The Hall–Kier alpha value is -2.14. The molecule has 0 aliphatic heterocycles. The Morgan fingerprint density at radius 1 is 1.06 bits per heavy atom. The molecule has 1 aromatic heterocycles. The van der Waals surface area contributed by atoms with Crippen LogP contribution >= 0.6 is 23.7 Å². The summed E-state index contributed by atoms with van der Waals surface area (Å²) in [5.74, 6) is -1.84. The molecule has 0 N–H and O–H groups in total. The number of amides is 1. The number of anilines is 1. The maximum atomic E-state index is 14.1. The predicted molar refractivity (Wildman–Crippen MR) is 125 cm³/mol. The largest absolute Gasteiger partial charge is 0.309 e. The Morgan fingerprint density at radius 3 is 2.38 bits per heavy atom. The Labute approximate surface area is 196 Å². The lowest BCUT2D eigenvalue weighted by Gasteiger charge is -2.21. The van der Waals surface area contributed by atoms with Crippen molar-refractivity contribution in [1.82, 2.24) is 9.88 Å². The second-order valence-corrected chi connectivity index (χ2v) is 10.4. The van der Waals surface area contributed by atoms with Crippen LogP contribution in [0.1, 0.15) is 12.8 Å². The fraction of sp³-hybridized carbons (Fsp3) is 0.333. The summed E-state index contributed by atoms with van der Waals surface area (Å²) >= 11 is 1.19. The highest BCUT2D eigenvalue weighted by molar-refractivity contribution is 7.91. The van der Waals surface area contributed by atoms with Crippen molar-refractivity contribution in [2.45, 2.75) is 17.7 Å². The van der Waals surface area contributed by atoms with Gasteiger partial charge in [-0.1, -0.05) is 17.4 Å². The average Bonchev–Trinajstić information content (AvgIpc) is 3.15. The molecular formula is C21H24ClF2N3O3S2. The fourth-order valence-electron chi connectivity index (χ4n) is 3.01. The number of carbonyl (C=O) groups excluding carboxylic acids is 1. The lowest BCUT2D eigenvalue weighted by atomic mass is 10.3. The van der Waals surface area contributed by atoms with Gasteiger partial charge in [0.1, 0.15) is 17.2 Å². The minimum Gasteiger partial charge on any atom is -0.309 e. The van der Waals surface area contributed by atoms with E-state index in [9.17, 15) is 22.0 Å². The van der Waals surface area contributed by atoms with Gasteiger partial charge in [0.15, 0.2) is 15.0 Å². The monoisotopic (exact) mass is 503 g/mol. The molecule has 0 aliphatic rings. The number of thiazole rings is 1. The third-order valence-electron chi connectivity index (χ3n) is 4.63. The first-order chi connectivity index (χ1) is 14.7. The molecule has 0 aliphatic carbocycles. The van der Waals surface area contributed by atoms with Crippen molar-refractivity contribution in [3.63, 3.8) is 0 Å². The molecule has 11 heteroatoms. The van der Waals surface area contributed by atoms with Gasteiger partial charge in [-0.05, 0) is 63.5 Å². The molecule has 0 unspecified atom stereocenters. The summed E-state index contributed by atoms with van der Waals surface area (Å²) in [5, 5.41) is 0.336. The van der Waals surface area contributed by atoms with Gasteiger partial charge >= 0.3 is 0 Å². The lowest BCUT2D eigenvalue weighted by molar-refractivity contribution is -0.118. The van der Waals surface area contributed by atoms with Crippen LogP contribution in [0.25, 0.3) is 10.2 Å². The highest BCUT2D eigenvalue weighted by atomic mass is 35.5. The molecule has 174 valence electrons. The van der Waals surface area contributed by atoms with Crippen molar-refractivity contribution in [3.05, 3.63) is 54.1 Å². The van der Waals surface area contributed by atoms with E-state index in [0.717, 1.165) is 18.7 Å². The van der Waals surface area contributed by atoms with Crippen molar-refractivity contribution >= 4 is 54.8 Å². The van der Waals surface area contributed by atoms with Gasteiger partial charge < -0.3 is 4.90 Å². The quantitative estimate of drug-likeness (QED) is 0.410. The standard InChI is InChI=1S/C21H23F2N3O3S2.ClH/c1-25(2)12-4-13-26(21-24-20-17(23)5-3-6-18(20)30-21)19(27)11-14-31(28,29)16-9-7-15(22)8-10-16;/h3,5-10H,4,11-14H2,1-2H3;1H. The van der Waals surface area contributed by atoms with Crippen molar-refractivity contribution in [2.24, 2.45) is 0 Å². The van der Waals surface area contributed by atoms with Crippen molar-refractivity contribution < 1.29 is 22.0 Å². The highest BCUT2D eigenvalue weighted by Crippen LogP contribution is 2.31. The molecule has 0 fully saturated rings. The van der Waals surface area contributed by atoms with Crippen molar-refractivity contribution in [2.75, 3.05) is 37.8 Å². The Balaban J connectivity index is 0.00000363. The zero-order valence-electron chi connectivity index (χ0n) is 17.6. The van der Waals surface area contributed by atoms with Crippen LogP contribution in [-0.4, -0.2) is 57.1 Å². The molecule has 0 bridgehead atoms. The highest BCUT2D eigenvalue weighted by Gasteiger charge is 2.23. The predicted octanol–water partition coefficient (Wildman–Crippen LogP) is 4.15. The van der Waals surface area contributed by atoms with E-state index >= 15 is 0 Å². The van der Waals surface area contributed by atoms with E-state index in [0.29, 0.717) is 22.8 Å². The number of sulfone groups is 1. The number of nitrogens with zero attached hydrogens (tertiary/aromatic N) is 3. The van der Waals surface area contributed by atoms with Crippen LogP contribution < -0.4 is 4.90 Å². The number of hydrogen-bond acceptors (Lipinski definition) is 6. The molecular weight excluding hydrogens is 480 g/mol. The van der Waals surface area contributed by atoms with E-state index in [2.05, 4.69) is 4.98 Å². The Morgan fingerprint density at radius 2 is 1.75 bits per heavy atom. The third-order valence-corrected chi connectivity index (χ3v) is 7.41. The summed E-state index contributed by atoms with van der Waals surface area (Å²) in [6.45, 7) is 1.05. The average molecular weight is 504 g/mol.